The lowest BCUT2D eigenvalue weighted by atomic mass is 10.2. The normalized spacial score (nSPS) is 14.5. The van der Waals surface area contributed by atoms with Crippen molar-refractivity contribution < 1.29 is 14.3 Å². The van der Waals surface area contributed by atoms with Gasteiger partial charge in [0.1, 0.15) is 11.3 Å². The third-order valence-electron chi connectivity index (χ3n) is 4.76. The molecule has 7 heteroatoms. The second-order valence-electron chi connectivity index (χ2n) is 6.92. The minimum Gasteiger partial charge on any atom is -0.452 e. The third kappa shape index (κ3) is 4.14. The number of hydrogen-bond donors (Lipinski definition) is 1. The fourth-order valence-electron chi connectivity index (χ4n) is 3.05. The highest BCUT2D eigenvalue weighted by atomic mass is 32.1. The Hall–Kier alpha value is -2.93. The largest absolute Gasteiger partial charge is 0.452 e. The van der Waals surface area contributed by atoms with Crippen LogP contribution in [-0.2, 0) is 9.53 Å². The molecule has 4 rings (SSSR count). The molecule has 3 aromatic rings. The molecule has 2 aromatic heterocycles. The number of ether oxygens (including phenoxy) is 1. The number of benzene rings is 1. The molecule has 2 heterocycles. The van der Waals surface area contributed by atoms with Crippen LogP contribution in [0.3, 0.4) is 0 Å². The Morgan fingerprint density at radius 2 is 2.04 bits per heavy atom. The van der Waals surface area contributed by atoms with Crippen LogP contribution in [0.25, 0.3) is 16.3 Å². The first-order valence-corrected chi connectivity index (χ1v) is 10.2. The minimum atomic E-state index is -0.556. The molecule has 28 heavy (non-hydrogen) atoms. The molecular weight excluding hydrogens is 374 g/mol. The Bertz CT molecular complexity index is 962. The van der Waals surface area contributed by atoms with Gasteiger partial charge in [0.05, 0.1) is 10.6 Å². The van der Waals surface area contributed by atoms with Crippen molar-refractivity contribution in [2.24, 2.45) is 5.92 Å². The maximum absolute atomic E-state index is 12.7. The summed E-state index contributed by atoms with van der Waals surface area (Å²) in [5, 5.41) is 9.39. The van der Waals surface area contributed by atoms with Gasteiger partial charge in [-0.1, -0.05) is 24.3 Å². The number of carbonyl (C=O) groups is 2. The van der Waals surface area contributed by atoms with Crippen LogP contribution in [-0.4, -0.2) is 34.3 Å². The highest BCUT2D eigenvalue weighted by molar-refractivity contribution is 7.13. The quantitative estimate of drug-likeness (QED) is 0.620. The molecule has 1 unspecified atom stereocenters. The highest BCUT2D eigenvalue weighted by Crippen LogP contribution is 2.32. The first kappa shape index (κ1) is 18.4. The molecule has 0 spiro atoms. The van der Waals surface area contributed by atoms with Crippen LogP contribution in [0.1, 0.15) is 30.1 Å². The van der Waals surface area contributed by atoms with Crippen LogP contribution >= 0.6 is 11.3 Å². The predicted octanol–water partition coefficient (Wildman–Crippen LogP) is 3.67. The van der Waals surface area contributed by atoms with E-state index < -0.39 is 5.97 Å². The zero-order valence-corrected chi connectivity index (χ0v) is 16.3. The molecule has 0 bridgehead atoms. The van der Waals surface area contributed by atoms with Crippen molar-refractivity contribution in [3.8, 4) is 16.3 Å². The summed E-state index contributed by atoms with van der Waals surface area (Å²) in [6.07, 6.45) is 3.94. The van der Waals surface area contributed by atoms with E-state index in [2.05, 4.69) is 10.4 Å². The summed E-state index contributed by atoms with van der Waals surface area (Å²) in [7, 11) is 0. The van der Waals surface area contributed by atoms with Crippen molar-refractivity contribution >= 4 is 23.2 Å². The Kier molecular flexibility index (Phi) is 5.25. The van der Waals surface area contributed by atoms with Crippen molar-refractivity contribution in [1.29, 1.82) is 0 Å². The van der Waals surface area contributed by atoms with Crippen LogP contribution in [0.4, 0.5) is 0 Å². The molecule has 0 saturated heterocycles. The molecular formula is C21H21N3O3S. The van der Waals surface area contributed by atoms with Gasteiger partial charge in [0.2, 0.25) is 0 Å². The van der Waals surface area contributed by atoms with E-state index in [1.807, 2.05) is 54.8 Å². The maximum atomic E-state index is 12.7. The number of para-hydroxylation sites is 1. The maximum Gasteiger partial charge on any atom is 0.342 e. The molecule has 144 valence electrons. The van der Waals surface area contributed by atoms with Crippen molar-refractivity contribution in [1.82, 2.24) is 15.1 Å². The monoisotopic (exact) mass is 395 g/mol. The van der Waals surface area contributed by atoms with Gasteiger partial charge in [0.25, 0.3) is 5.91 Å². The minimum absolute atomic E-state index is 0.119. The number of esters is 1. The van der Waals surface area contributed by atoms with E-state index in [-0.39, 0.29) is 18.6 Å². The third-order valence-corrected chi connectivity index (χ3v) is 5.64. The lowest BCUT2D eigenvalue weighted by Gasteiger charge is -2.12. The number of rotatable bonds is 7. The lowest BCUT2D eigenvalue weighted by molar-refractivity contribution is -0.124. The van der Waals surface area contributed by atoms with Crippen LogP contribution < -0.4 is 5.32 Å². The zero-order valence-electron chi connectivity index (χ0n) is 15.5. The average molecular weight is 395 g/mol. The van der Waals surface area contributed by atoms with Gasteiger partial charge in [-0.2, -0.15) is 5.10 Å². The number of amides is 1. The average Bonchev–Trinajstić information content (AvgIpc) is 3.24. The van der Waals surface area contributed by atoms with Gasteiger partial charge >= 0.3 is 5.97 Å². The topological polar surface area (TPSA) is 73.2 Å². The standard InChI is InChI=1S/C21H21N3O3S/c1-14(15-9-10-15)22-19(25)13-27-21(26)17-12-24(16-6-3-2-4-7-16)23-20(17)18-8-5-11-28-18/h2-8,11-12,14-15H,9-10,13H2,1H3,(H,22,25). The van der Waals surface area contributed by atoms with E-state index in [0.717, 1.165) is 23.4 Å². The summed E-state index contributed by atoms with van der Waals surface area (Å²) in [4.78, 5) is 25.6. The second kappa shape index (κ2) is 7.98. The van der Waals surface area contributed by atoms with Gasteiger partial charge in [-0.05, 0) is 49.3 Å². The molecule has 1 aromatic carbocycles. The summed E-state index contributed by atoms with van der Waals surface area (Å²) in [6.45, 7) is 1.69. The molecule has 1 saturated carbocycles. The molecule has 6 nitrogen and oxygen atoms in total. The highest BCUT2D eigenvalue weighted by Gasteiger charge is 2.29. The fourth-order valence-corrected chi connectivity index (χ4v) is 3.77. The summed E-state index contributed by atoms with van der Waals surface area (Å²) in [6, 6.07) is 13.5. The van der Waals surface area contributed by atoms with E-state index in [4.69, 9.17) is 4.74 Å². The van der Waals surface area contributed by atoms with E-state index in [1.54, 1.807) is 10.9 Å². The van der Waals surface area contributed by atoms with Gasteiger partial charge in [-0.25, -0.2) is 9.48 Å². The number of nitrogens with zero attached hydrogens (tertiary/aromatic N) is 2. The van der Waals surface area contributed by atoms with E-state index in [1.165, 1.54) is 11.3 Å². The van der Waals surface area contributed by atoms with Crippen molar-refractivity contribution in [2.45, 2.75) is 25.8 Å². The molecule has 1 N–H and O–H groups in total. The molecule has 1 amide bonds. The fraction of sp³-hybridized carbons (Fsp3) is 0.286. The van der Waals surface area contributed by atoms with Gasteiger partial charge < -0.3 is 10.1 Å². The van der Waals surface area contributed by atoms with Crippen molar-refractivity contribution in [3.05, 3.63) is 59.6 Å². The van der Waals surface area contributed by atoms with Crippen molar-refractivity contribution in [3.63, 3.8) is 0 Å². The van der Waals surface area contributed by atoms with Gasteiger partial charge in [0.15, 0.2) is 6.61 Å². The van der Waals surface area contributed by atoms with E-state index >= 15 is 0 Å². The lowest BCUT2D eigenvalue weighted by Crippen LogP contribution is -2.37. The van der Waals surface area contributed by atoms with E-state index in [0.29, 0.717) is 17.2 Å². The predicted molar refractivity (Wildman–Crippen MR) is 107 cm³/mol. The van der Waals surface area contributed by atoms with Crippen LogP contribution in [0.5, 0.6) is 0 Å². The van der Waals surface area contributed by atoms with Gasteiger partial charge in [-0.15, -0.1) is 11.3 Å². The van der Waals surface area contributed by atoms with Crippen LogP contribution in [0, 0.1) is 5.92 Å². The van der Waals surface area contributed by atoms with Gasteiger partial charge in [-0.3, -0.25) is 4.79 Å². The van der Waals surface area contributed by atoms with Crippen LogP contribution in [0.2, 0.25) is 0 Å². The van der Waals surface area contributed by atoms with Crippen LogP contribution in [0.15, 0.2) is 54.0 Å². The first-order valence-electron chi connectivity index (χ1n) is 9.27. The summed E-state index contributed by atoms with van der Waals surface area (Å²) < 4.78 is 6.93. The SMILES string of the molecule is CC(NC(=O)COC(=O)c1cn(-c2ccccc2)nc1-c1cccs1)C1CC1. The molecule has 1 atom stereocenters. The summed E-state index contributed by atoms with van der Waals surface area (Å²) in [5.41, 5.74) is 1.74. The zero-order chi connectivity index (χ0) is 19.5. The number of carbonyl (C=O) groups excluding carboxylic acids is 2. The van der Waals surface area contributed by atoms with Gasteiger partial charge in [0, 0.05) is 12.2 Å². The number of hydrogen-bond acceptors (Lipinski definition) is 5. The summed E-state index contributed by atoms with van der Waals surface area (Å²) in [5.74, 6) is -0.283. The Balaban J connectivity index is 1.51. The first-order chi connectivity index (χ1) is 13.6. The Labute approximate surface area is 167 Å². The number of aromatic nitrogens is 2. The van der Waals surface area contributed by atoms with E-state index in [9.17, 15) is 9.59 Å². The molecule has 1 fully saturated rings. The number of thiophene rings is 1. The molecule has 1 aliphatic carbocycles. The molecule has 0 aliphatic heterocycles. The summed E-state index contributed by atoms with van der Waals surface area (Å²) >= 11 is 1.50. The second-order valence-corrected chi connectivity index (χ2v) is 7.87. The Morgan fingerprint density at radius 1 is 1.25 bits per heavy atom. The Morgan fingerprint density at radius 3 is 2.71 bits per heavy atom. The smallest absolute Gasteiger partial charge is 0.342 e. The molecule has 0 radical (unpaired) electrons. The van der Waals surface area contributed by atoms with Crippen molar-refractivity contribution in [2.75, 3.05) is 6.61 Å². The number of nitrogens with one attached hydrogen (secondary N) is 1. The molecule has 1 aliphatic rings.